The predicted molar refractivity (Wildman–Crippen MR) is 90.7 cm³/mol. The van der Waals surface area contributed by atoms with E-state index in [0.717, 1.165) is 0 Å². The second-order valence-corrected chi connectivity index (χ2v) is 5.35. The minimum atomic E-state index is -0.488. The minimum Gasteiger partial charge on any atom is -0.507 e. The Bertz CT molecular complexity index is 962. The van der Waals surface area contributed by atoms with Gasteiger partial charge in [0.05, 0.1) is 11.8 Å². The van der Waals surface area contributed by atoms with E-state index in [0.29, 0.717) is 28.8 Å². The molecule has 0 spiro atoms. The van der Waals surface area contributed by atoms with Crippen LogP contribution in [0, 0.1) is 0 Å². The van der Waals surface area contributed by atoms with Crippen molar-refractivity contribution in [1.29, 1.82) is 0 Å². The number of nitrogens with zero attached hydrogens (tertiary/aromatic N) is 2. The fraction of sp³-hybridized carbons (Fsp3) is 0.0556. The van der Waals surface area contributed by atoms with Gasteiger partial charge >= 0.3 is 0 Å². The average molecular weight is 351 g/mol. The molecule has 0 bridgehead atoms. The van der Waals surface area contributed by atoms with Crippen molar-refractivity contribution in [2.75, 3.05) is 12.1 Å². The summed E-state index contributed by atoms with van der Waals surface area (Å²) in [5.41, 5.74) is 0.572. The molecule has 0 aliphatic carbocycles. The molecule has 0 atom stereocenters. The molecule has 130 valence electrons. The molecule has 0 unspecified atom stereocenters. The SMILES string of the molecule is O=C(Nc1cccc(Oc2cnccn2)c1)c1cc2c(cc1O)OCO2. The van der Waals surface area contributed by atoms with Gasteiger partial charge in [0.1, 0.15) is 11.5 Å². The summed E-state index contributed by atoms with van der Waals surface area (Å²) in [5.74, 6) is 0.949. The Balaban J connectivity index is 1.52. The minimum absolute atomic E-state index is 0.0572. The van der Waals surface area contributed by atoms with Crippen LogP contribution in [0.1, 0.15) is 10.4 Å². The van der Waals surface area contributed by atoms with Crippen LogP contribution in [0.15, 0.2) is 55.0 Å². The van der Waals surface area contributed by atoms with Gasteiger partial charge in [-0.25, -0.2) is 4.98 Å². The molecule has 2 N–H and O–H groups in total. The fourth-order valence-corrected chi connectivity index (χ4v) is 2.41. The van der Waals surface area contributed by atoms with E-state index in [2.05, 4.69) is 15.3 Å². The second-order valence-electron chi connectivity index (χ2n) is 5.35. The Morgan fingerprint density at radius 1 is 1.15 bits per heavy atom. The van der Waals surface area contributed by atoms with E-state index in [-0.39, 0.29) is 18.1 Å². The van der Waals surface area contributed by atoms with Gasteiger partial charge in [-0.1, -0.05) is 6.07 Å². The molecule has 3 aromatic rings. The zero-order chi connectivity index (χ0) is 17.9. The highest BCUT2D eigenvalue weighted by Crippen LogP contribution is 2.37. The number of nitrogens with one attached hydrogen (secondary N) is 1. The number of aromatic nitrogens is 2. The van der Waals surface area contributed by atoms with Gasteiger partial charge in [-0.15, -0.1) is 0 Å². The molecule has 2 heterocycles. The number of benzene rings is 2. The molecule has 1 aliphatic rings. The first kappa shape index (κ1) is 15.7. The number of carbonyl (C=O) groups excluding carboxylic acids is 1. The Hall–Kier alpha value is -3.81. The lowest BCUT2D eigenvalue weighted by Crippen LogP contribution is -2.12. The number of amides is 1. The number of ether oxygens (including phenoxy) is 3. The molecule has 0 radical (unpaired) electrons. The third-order valence-electron chi connectivity index (χ3n) is 3.59. The third kappa shape index (κ3) is 3.20. The van der Waals surface area contributed by atoms with Crippen molar-refractivity contribution in [3.05, 3.63) is 60.6 Å². The number of hydrogen-bond acceptors (Lipinski definition) is 7. The van der Waals surface area contributed by atoms with Crippen LogP contribution < -0.4 is 19.5 Å². The van der Waals surface area contributed by atoms with Gasteiger partial charge in [-0.3, -0.25) is 9.78 Å². The number of phenolic OH excluding ortho intramolecular Hbond substituents is 1. The van der Waals surface area contributed by atoms with Crippen molar-refractivity contribution in [2.24, 2.45) is 0 Å². The van der Waals surface area contributed by atoms with E-state index in [1.165, 1.54) is 24.5 Å². The molecule has 1 aliphatic heterocycles. The molecule has 4 rings (SSSR count). The number of rotatable bonds is 4. The van der Waals surface area contributed by atoms with Crippen molar-refractivity contribution in [3.63, 3.8) is 0 Å². The number of aromatic hydroxyl groups is 1. The molecule has 26 heavy (non-hydrogen) atoms. The first-order valence-electron chi connectivity index (χ1n) is 7.67. The summed E-state index contributed by atoms with van der Waals surface area (Å²) in [6.07, 6.45) is 4.54. The standard InChI is InChI=1S/C18H13N3O5/c22-14-8-16-15(24-10-25-16)7-13(14)18(23)21-11-2-1-3-12(6-11)26-17-9-19-4-5-20-17/h1-9,22H,10H2,(H,21,23). The second kappa shape index (κ2) is 6.60. The van der Waals surface area contributed by atoms with Crippen molar-refractivity contribution in [3.8, 4) is 28.9 Å². The Kier molecular flexibility index (Phi) is 3.98. The highest BCUT2D eigenvalue weighted by Gasteiger charge is 2.21. The van der Waals surface area contributed by atoms with Crippen LogP contribution in [0.3, 0.4) is 0 Å². The van der Waals surface area contributed by atoms with Gasteiger partial charge in [-0.2, -0.15) is 0 Å². The summed E-state index contributed by atoms with van der Waals surface area (Å²) in [4.78, 5) is 20.4. The number of phenols is 1. The number of carbonyl (C=O) groups is 1. The van der Waals surface area contributed by atoms with E-state index in [1.807, 2.05) is 0 Å². The van der Waals surface area contributed by atoms with Crippen LogP contribution in [0.5, 0.6) is 28.9 Å². The van der Waals surface area contributed by atoms with Gasteiger partial charge in [0.2, 0.25) is 12.7 Å². The number of hydrogen-bond donors (Lipinski definition) is 2. The van der Waals surface area contributed by atoms with Crippen molar-refractivity contribution in [2.45, 2.75) is 0 Å². The van der Waals surface area contributed by atoms with E-state index in [1.54, 1.807) is 30.5 Å². The third-order valence-corrected chi connectivity index (χ3v) is 3.59. The van der Waals surface area contributed by atoms with E-state index in [4.69, 9.17) is 14.2 Å². The summed E-state index contributed by atoms with van der Waals surface area (Å²) in [6.45, 7) is 0.0572. The summed E-state index contributed by atoms with van der Waals surface area (Å²) in [6, 6.07) is 9.57. The van der Waals surface area contributed by atoms with Crippen molar-refractivity contribution < 1.29 is 24.1 Å². The maximum Gasteiger partial charge on any atom is 0.259 e. The molecule has 8 nitrogen and oxygen atoms in total. The Morgan fingerprint density at radius 3 is 2.81 bits per heavy atom. The Labute approximate surface area is 148 Å². The molecule has 0 saturated carbocycles. The fourth-order valence-electron chi connectivity index (χ4n) is 2.41. The van der Waals surface area contributed by atoms with Gasteiger partial charge < -0.3 is 24.6 Å². The molecule has 0 saturated heterocycles. The van der Waals surface area contributed by atoms with Gasteiger partial charge in [0.25, 0.3) is 5.91 Å². The maximum absolute atomic E-state index is 12.5. The largest absolute Gasteiger partial charge is 0.507 e. The van der Waals surface area contributed by atoms with Gasteiger partial charge in [-0.05, 0) is 12.1 Å². The molecule has 1 aromatic heterocycles. The maximum atomic E-state index is 12.5. The van der Waals surface area contributed by atoms with Crippen molar-refractivity contribution in [1.82, 2.24) is 9.97 Å². The molecule has 2 aromatic carbocycles. The monoisotopic (exact) mass is 351 g/mol. The molecular weight excluding hydrogens is 338 g/mol. The van der Waals surface area contributed by atoms with Crippen LogP contribution in [0.2, 0.25) is 0 Å². The van der Waals surface area contributed by atoms with Gasteiger partial charge in [0, 0.05) is 36.3 Å². The number of fused-ring (bicyclic) bond motifs is 1. The van der Waals surface area contributed by atoms with Crippen molar-refractivity contribution >= 4 is 11.6 Å². The van der Waals surface area contributed by atoms with Crippen LogP contribution in [-0.4, -0.2) is 27.8 Å². The average Bonchev–Trinajstić information content (AvgIpc) is 3.09. The van der Waals surface area contributed by atoms with E-state index in [9.17, 15) is 9.90 Å². The quantitative estimate of drug-likeness (QED) is 0.745. The van der Waals surface area contributed by atoms with Crippen LogP contribution in [-0.2, 0) is 0 Å². The molecular formula is C18H13N3O5. The molecule has 8 heteroatoms. The van der Waals surface area contributed by atoms with Crippen LogP contribution in [0.25, 0.3) is 0 Å². The topological polar surface area (TPSA) is 103 Å². The highest BCUT2D eigenvalue weighted by molar-refractivity contribution is 6.06. The van der Waals surface area contributed by atoms with E-state index < -0.39 is 5.91 Å². The zero-order valence-electron chi connectivity index (χ0n) is 13.4. The lowest BCUT2D eigenvalue weighted by atomic mass is 10.1. The summed E-state index contributed by atoms with van der Waals surface area (Å²) < 4.78 is 16.0. The predicted octanol–water partition coefficient (Wildman–Crippen LogP) is 2.96. The number of anilines is 1. The highest BCUT2D eigenvalue weighted by atomic mass is 16.7. The summed E-state index contributed by atoms with van der Waals surface area (Å²) in [5, 5.41) is 12.7. The summed E-state index contributed by atoms with van der Waals surface area (Å²) in [7, 11) is 0. The normalized spacial score (nSPS) is 11.8. The lowest BCUT2D eigenvalue weighted by Gasteiger charge is -2.09. The van der Waals surface area contributed by atoms with Crippen LogP contribution >= 0.6 is 0 Å². The first-order chi connectivity index (χ1) is 12.7. The summed E-state index contributed by atoms with van der Waals surface area (Å²) >= 11 is 0. The van der Waals surface area contributed by atoms with E-state index >= 15 is 0 Å². The zero-order valence-corrected chi connectivity index (χ0v) is 13.4. The molecule has 1 amide bonds. The van der Waals surface area contributed by atoms with Gasteiger partial charge in [0.15, 0.2) is 11.5 Å². The first-order valence-corrected chi connectivity index (χ1v) is 7.67. The smallest absolute Gasteiger partial charge is 0.259 e. The van der Waals surface area contributed by atoms with Crippen LogP contribution in [0.4, 0.5) is 5.69 Å². The Morgan fingerprint density at radius 2 is 2.00 bits per heavy atom. The lowest BCUT2D eigenvalue weighted by molar-refractivity contribution is 0.102. The molecule has 0 fully saturated rings.